The topological polar surface area (TPSA) is 85.1 Å². The summed E-state index contributed by atoms with van der Waals surface area (Å²) in [7, 11) is 0. The second kappa shape index (κ2) is 9.07. The number of nitrogens with two attached hydrogens (primary N) is 1. The summed E-state index contributed by atoms with van der Waals surface area (Å²) in [6.07, 6.45) is 8.47. The van der Waals surface area contributed by atoms with Crippen LogP contribution in [0.1, 0.15) is 68.9 Å². The Balaban J connectivity index is 1.08. The molecule has 0 spiro atoms. The van der Waals surface area contributed by atoms with Gasteiger partial charge in [0.1, 0.15) is 12.4 Å². The number of nitrogens with zero attached hydrogens (tertiary/aromatic N) is 2. The molecule has 0 radical (unpaired) electrons. The summed E-state index contributed by atoms with van der Waals surface area (Å²) in [5.41, 5.74) is 9.69. The maximum Gasteiger partial charge on any atom is 0.415 e. The molecule has 2 aliphatic heterocycles. The minimum absolute atomic E-state index is 0.0620. The zero-order chi connectivity index (χ0) is 24.2. The molecule has 5 atom stereocenters. The van der Waals surface area contributed by atoms with E-state index in [0.717, 1.165) is 31.1 Å². The summed E-state index contributed by atoms with van der Waals surface area (Å²) in [5.74, 6) is 2.82. The SMILES string of the molecule is CC12CCC3c4ccc(OC(=O)N5CCC(N6CCOCC6=O)CC5)cc4CCC3C1CCC2N. The Morgan fingerprint density at radius 1 is 1.11 bits per heavy atom. The third kappa shape index (κ3) is 4.05. The Hall–Kier alpha value is -2.12. The van der Waals surface area contributed by atoms with Gasteiger partial charge in [0.25, 0.3) is 0 Å². The monoisotopic (exact) mass is 481 g/mol. The molecule has 35 heavy (non-hydrogen) atoms. The molecule has 7 nitrogen and oxygen atoms in total. The minimum Gasteiger partial charge on any atom is -0.410 e. The molecular weight excluding hydrogens is 442 g/mol. The van der Waals surface area contributed by atoms with Crippen molar-refractivity contribution in [2.45, 2.75) is 76.3 Å². The van der Waals surface area contributed by atoms with Crippen LogP contribution >= 0.6 is 0 Å². The molecule has 2 N–H and O–H groups in total. The third-order valence-corrected chi connectivity index (χ3v) is 10.2. The van der Waals surface area contributed by atoms with Crippen LogP contribution in [0.2, 0.25) is 0 Å². The summed E-state index contributed by atoms with van der Waals surface area (Å²) in [6.45, 7) is 5.09. The van der Waals surface area contributed by atoms with Gasteiger partial charge in [-0.15, -0.1) is 0 Å². The van der Waals surface area contributed by atoms with Crippen LogP contribution in [-0.2, 0) is 16.0 Å². The number of fused-ring (bicyclic) bond motifs is 5. The number of hydrogen-bond acceptors (Lipinski definition) is 5. The fourth-order valence-electron chi connectivity index (χ4n) is 8.10. The third-order valence-electron chi connectivity index (χ3n) is 10.2. The Labute approximate surface area is 208 Å². The molecule has 0 aromatic heterocycles. The number of rotatable bonds is 2. The first kappa shape index (κ1) is 23.3. The molecule has 1 aromatic carbocycles. The highest BCUT2D eigenvalue weighted by atomic mass is 16.6. The summed E-state index contributed by atoms with van der Waals surface area (Å²) in [6, 6.07) is 6.88. The number of likely N-dealkylation sites (tertiary alicyclic amines) is 1. The highest BCUT2D eigenvalue weighted by molar-refractivity contribution is 5.78. The second-order valence-electron chi connectivity index (χ2n) is 11.7. The lowest BCUT2D eigenvalue weighted by Gasteiger charge is -2.50. The predicted octanol–water partition coefficient (Wildman–Crippen LogP) is 3.69. The van der Waals surface area contributed by atoms with E-state index in [4.69, 9.17) is 15.2 Å². The summed E-state index contributed by atoms with van der Waals surface area (Å²) in [4.78, 5) is 28.7. The highest BCUT2D eigenvalue weighted by Crippen LogP contribution is 2.60. The molecule has 0 bridgehead atoms. The van der Waals surface area contributed by atoms with Gasteiger partial charge in [-0.05, 0) is 97.8 Å². The number of hydrogen-bond donors (Lipinski definition) is 1. The van der Waals surface area contributed by atoms with Crippen LogP contribution in [0.25, 0.3) is 0 Å². The van der Waals surface area contributed by atoms with Crippen molar-refractivity contribution in [2.75, 3.05) is 32.8 Å². The Kier molecular flexibility index (Phi) is 6.04. The number of carbonyl (C=O) groups is 2. The standard InChI is InChI=1S/C28H39N3O4/c1-28-11-8-22-21-5-3-20(16-18(21)2-4-23(22)24(28)6-7-25(28)29)35-27(33)30-12-9-19(10-13-30)31-14-15-34-17-26(31)32/h3,5,16,19,22-25H,2,4,6-15,17,29H2,1H3. The summed E-state index contributed by atoms with van der Waals surface area (Å²) in [5, 5.41) is 0. The predicted molar refractivity (Wildman–Crippen MR) is 132 cm³/mol. The van der Waals surface area contributed by atoms with Crippen molar-refractivity contribution < 1.29 is 19.1 Å². The van der Waals surface area contributed by atoms with E-state index in [1.54, 1.807) is 4.90 Å². The van der Waals surface area contributed by atoms with Crippen LogP contribution in [0.15, 0.2) is 18.2 Å². The maximum atomic E-state index is 12.9. The lowest BCUT2D eigenvalue weighted by atomic mass is 9.55. The van der Waals surface area contributed by atoms with Crippen LogP contribution in [0.5, 0.6) is 5.75 Å². The lowest BCUT2D eigenvalue weighted by molar-refractivity contribution is -0.146. The molecule has 7 heteroatoms. The quantitative estimate of drug-likeness (QED) is 0.696. The molecule has 190 valence electrons. The molecule has 2 saturated heterocycles. The second-order valence-corrected chi connectivity index (χ2v) is 11.7. The largest absolute Gasteiger partial charge is 0.415 e. The average Bonchev–Trinajstić information content (AvgIpc) is 3.18. The van der Waals surface area contributed by atoms with Gasteiger partial charge < -0.3 is 25.0 Å². The van der Waals surface area contributed by atoms with Gasteiger partial charge in [-0.3, -0.25) is 4.79 Å². The van der Waals surface area contributed by atoms with E-state index in [-0.39, 0.29) is 24.6 Å². The molecule has 2 amide bonds. The average molecular weight is 482 g/mol. The van der Waals surface area contributed by atoms with Crippen molar-refractivity contribution in [1.82, 2.24) is 9.80 Å². The van der Waals surface area contributed by atoms with E-state index in [2.05, 4.69) is 19.1 Å². The number of piperidine rings is 1. The molecule has 6 rings (SSSR count). The van der Waals surface area contributed by atoms with Gasteiger partial charge in [-0.1, -0.05) is 13.0 Å². The van der Waals surface area contributed by atoms with E-state index in [0.29, 0.717) is 49.4 Å². The highest BCUT2D eigenvalue weighted by Gasteiger charge is 2.53. The Morgan fingerprint density at radius 2 is 1.94 bits per heavy atom. The first-order chi connectivity index (χ1) is 16.9. The van der Waals surface area contributed by atoms with Gasteiger partial charge >= 0.3 is 6.09 Å². The van der Waals surface area contributed by atoms with Crippen molar-refractivity contribution in [3.8, 4) is 5.75 Å². The van der Waals surface area contributed by atoms with Crippen LogP contribution < -0.4 is 10.5 Å². The fraction of sp³-hybridized carbons (Fsp3) is 0.714. The number of morpholine rings is 1. The first-order valence-corrected chi connectivity index (χ1v) is 13.7. The number of ether oxygens (including phenoxy) is 2. The number of amides is 2. The smallest absolute Gasteiger partial charge is 0.410 e. The maximum absolute atomic E-state index is 12.9. The van der Waals surface area contributed by atoms with Gasteiger partial charge in [-0.25, -0.2) is 4.79 Å². The minimum atomic E-state index is -0.279. The van der Waals surface area contributed by atoms with Crippen molar-refractivity contribution in [3.63, 3.8) is 0 Å². The van der Waals surface area contributed by atoms with Gasteiger partial charge in [0.2, 0.25) is 5.91 Å². The number of benzene rings is 1. The van der Waals surface area contributed by atoms with E-state index in [1.165, 1.54) is 43.2 Å². The molecule has 5 unspecified atom stereocenters. The fourth-order valence-corrected chi connectivity index (χ4v) is 8.10. The van der Waals surface area contributed by atoms with Crippen LogP contribution in [0.4, 0.5) is 4.79 Å². The van der Waals surface area contributed by atoms with Crippen molar-refractivity contribution in [2.24, 2.45) is 23.0 Å². The normalized spacial score (nSPS) is 35.3. The molecular formula is C28H39N3O4. The van der Waals surface area contributed by atoms with Crippen LogP contribution in [-0.4, -0.2) is 66.7 Å². The van der Waals surface area contributed by atoms with Crippen molar-refractivity contribution >= 4 is 12.0 Å². The van der Waals surface area contributed by atoms with E-state index in [9.17, 15) is 9.59 Å². The van der Waals surface area contributed by atoms with Gasteiger partial charge in [-0.2, -0.15) is 0 Å². The van der Waals surface area contributed by atoms with Crippen LogP contribution in [0, 0.1) is 17.3 Å². The first-order valence-electron chi connectivity index (χ1n) is 13.7. The molecule has 5 aliphatic rings. The molecule has 2 heterocycles. The molecule has 1 aromatic rings. The van der Waals surface area contributed by atoms with E-state index < -0.39 is 0 Å². The lowest BCUT2D eigenvalue weighted by Crippen LogP contribution is -2.52. The van der Waals surface area contributed by atoms with Crippen molar-refractivity contribution in [3.05, 3.63) is 29.3 Å². The number of aryl methyl sites for hydroxylation is 1. The molecule has 3 aliphatic carbocycles. The van der Waals surface area contributed by atoms with Gasteiger partial charge in [0.15, 0.2) is 0 Å². The van der Waals surface area contributed by atoms with Gasteiger partial charge in [0, 0.05) is 31.7 Å². The molecule has 2 saturated carbocycles. The summed E-state index contributed by atoms with van der Waals surface area (Å²) >= 11 is 0. The summed E-state index contributed by atoms with van der Waals surface area (Å²) < 4.78 is 11.1. The zero-order valence-electron chi connectivity index (χ0n) is 20.9. The Bertz CT molecular complexity index is 990. The van der Waals surface area contributed by atoms with Gasteiger partial charge in [0.05, 0.1) is 6.61 Å². The van der Waals surface area contributed by atoms with Crippen molar-refractivity contribution in [1.29, 1.82) is 0 Å². The number of carbonyl (C=O) groups excluding carboxylic acids is 2. The van der Waals surface area contributed by atoms with E-state index in [1.807, 2.05) is 11.0 Å². The molecule has 4 fully saturated rings. The zero-order valence-corrected chi connectivity index (χ0v) is 20.9. The van der Waals surface area contributed by atoms with E-state index >= 15 is 0 Å². The Morgan fingerprint density at radius 3 is 2.74 bits per heavy atom. The van der Waals surface area contributed by atoms with Crippen LogP contribution in [0.3, 0.4) is 0 Å².